The summed E-state index contributed by atoms with van der Waals surface area (Å²) in [5.41, 5.74) is 0.385. The van der Waals surface area contributed by atoms with Crippen LogP contribution in [-0.2, 0) is 39.9 Å². The van der Waals surface area contributed by atoms with Crippen molar-refractivity contribution in [2.75, 3.05) is 14.2 Å². The molecule has 1 aromatic rings. The van der Waals surface area contributed by atoms with E-state index >= 15 is 0 Å². The molecule has 3 atom stereocenters. The van der Waals surface area contributed by atoms with Crippen molar-refractivity contribution >= 4 is 29.7 Å². The van der Waals surface area contributed by atoms with E-state index < -0.39 is 59.5 Å². The molecule has 0 saturated carbocycles. The first-order valence-electron chi connectivity index (χ1n) is 9.22. The molecule has 0 aromatic heterocycles. The van der Waals surface area contributed by atoms with Crippen LogP contribution in [0.5, 0.6) is 0 Å². The van der Waals surface area contributed by atoms with E-state index in [9.17, 15) is 33.5 Å². The molecule has 0 aliphatic heterocycles. The van der Waals surface area contributed by atoms with Gasteiger partial charge in [-0.2, -0.15) is 0 Å². The van der Waals surface area contributed by atoms with Crippen LogP contribution < -0.4 is 10.6 Å². The van der Waals surface area contributed by atoms with E-state index in [0.717, 1.165) is 21.1 Å². The average Bonchev–Trinajstić information content (AvgIpc) is 2.70. The molecule has 10 nitrogen and oxygen atoms in total. The van der Waals surface area contributed by atoms with E-state index in [1.54, 1.807) is 0 Å². The van der Waals surface area contributed by atoms with Gasteiger partial charge in [-0.05, 0) is 17.7 Å². The lowest BCUT2D eigenvalue weighted by Gasteiger charge is -2.27. The Morgan fingerprint density at radius 3 is 2.10 bits per heavy atom. The summed E-state index contributed by atoms with van der Waals surface area (Å²) in [4.78, 5) is 60.1. The molecule has 0 heterocycles. The zero-order chi connectivity index (χ0) is 23.7. The van der Waals surface area contributed by atoms with Crippen molar-refractivity contribution in [3.05, 3.63) is 35.6 Å². The van der Waals surface area contributed by atoms with Gasteiger partial charge in [-0.3, -0.25) is 19.2 Å². The predicted molar refractivity (Wildman–Crippen MR) is 104 cm³/mol. The Balaban J connectivity index is 3.14. The summed E-state index contributed by atoms with van der Waals surface area (Å²) in [6.45, 7) is 2.42. The molecule has 0 saturated heterocycles. The number of carbonyl (C=O) groups is 5. The minimum Gasteiger partial charge on any atom is -0.480 e. The van der Waals surface area contributed by atoms with Gasteiger partial charge in [-0.15, -0.1) is 0 Å². The number of benzene rings is 1. The lowest BCUT2D eigenvalue weighted by molar-refractivity contribution is -0.163. The summed E-state index contributed by atoms with van der Waals surface area (Å²) in [6, 6.07) is 2.41. The Bertz CT molecular complexity index is 828. The minimum absolute atomic E-state index is 0.124. The number of carboxylic acids is 1. The van der Waals surface area contributed by atoms with Gasteiger partial charge in [0.05, 0.1) is 14.2 Å². The summed E-state index contributed by atoms with van der Waals surface area (Å²) in [6.07, 6.45) is -0.124. The predicted octanol–water partition coefficient (Wildman–Crippen LogP) is 0.0406. The van der Waals surface area contributed by atoms with Crippen LogP contribution in [0, 0.1) is 17.7 Å². The highest BCUT2D eigenvalue weighted by Gasteiger charge is 2.42. The number of ether oxygens (including phenoxy) is 2. The van der Waals surface area contributed by atoms with Gasteiger partial charge in [0.2, 0.25) is 11.8 Å². The molecule has 0 unspecified atom stereocenters. The van der Waals surface area contributed by atoms with Crippen molar-refractivity contribution in [1.82, 2.24) is 10.6 Å². The van der Waals surface area contributed by atoms with Crippen LogP contribution in [0.1, 0.15) is 19.4 Å². The molecule has 1 rings (SSSR count). The van der Waals surface area contributed by atoms with Crippen LogP contribution in [0.4, 0.5) is 4.39 Å². The number of carboxylic acid groups (broad SMARTS) is 1. The van der Waals surface area contributed by atoms with Crippen LogP contribution >= 0.6 is 0 Å². The summed E-state index contributed by atoms with van der Waals surface area (Å²) < 4.78 is 22.5. The Morgan fingerprint density at radius 1 is 1.06 bits per heavy atom. The summed E-state index contributed by atoms with van der Waals surface area (Å²) in [5, 5.41) is 14.2. The highest BCUT2D eigenvalue weighted by atomic mass is 19.1. The van der Waals surface area contributed by atoms with Crippen LogP contribution in [0.3, 0.4) is 0 Å². The number of hydrogen-bond donors (Lipinski definition) is 3. The van der Waals surface area contributed by atoms with Crippen LogP contribution in [-0.4, -0.2) is 61.1 Å². The second-order valence-electron chi connectivity index (χ2n) is 6.79. The summed E-state index contributed by atoms with van der Waals surface area (Å²) >= 11 is 0. The number of nitrogens with one attached hydrogen (secondary N) is 2. The highest BCUT2D eigenvalue weighted by molar-refractivity contribution is 5.97. The zero-order valence-electron chi connectivity index (χ0n) is 17.5. The number of aliphatic carboxylic acids is 1. The molecule has 0 aliphatic rings. The second kappa shape index (κ2) is 11.6. The molecule has 1 aromatic carbocycles. The van der Waals surface area contributed by atoms with E-state index in [4.69, 9.17) is 0 Å². The molecule has 2 amide bonds. The summed E-state index contributed by atoms with van der Waals surface area (Å²) in [5.74, 6) is -8.46. The third-order valence-electron chi connectivity index (χ3n) is 4.55. The van der Waals surface area contributed by atoms with Gasteiger partial charge in [-0.1, -0.05) is 19.1 Å². The van der Waals surface area contributed by atoms with E-state index in [2.05, 4.69) is 20.1 Å². The minimum atomic E-state index is -1.69. The maximum atomic E-state index is 13.5. The van der Waals surface area contributed by atoms with Gasteiger partial charge in [-0.25, -0.2) is 9.18 Å². The molecule has 0 bridgehead atoms. The normalized spacial score (nSPS) is 13.5. The molecule has 0 aliphatic carbocycles. The number of hydrogen-bond acceptors (Lipinski definition) is 7. The largest absolute Gasteiger partial charge is 0.480 e. The van der Waals surface area contributed by atoms with Crippen molar-refractivity contribution in [3.8, 4) is 0 Å². The van der Waals surface area contributed by atoms with Gasteiger partial charge in [0.1, 0.15) is 17.9 Å². The first-order valence-corrected chi connectivity index (χ1v) is 9.22. The number of rotatable bonds is 10. The third kappa shape index (κ3) is 7.36. The molecule has 170 valence electrons. The van der Waals surface area contributed by atoms with E-state index in [1.807, 2.05) is 0 Å². The average molecular weight is 440 g/mol. The van der Waals surface area contributed by atoms with Crippen LogP contribution in [0.15, 0.2) is 24.3 Å². The molecular weight excluding hydrogens is 415 g/mol. The van der Waals surface area contributed by atoms with Crippen LogP contribution in [0.2, 0.25) is 0 Å². The van der Waals surface area contributed by atoms with Gasteiger partial charge >= 0.3 is 17.9 Å². The fraction of sp³-hybridized carbons (Fsp3) is 0.450. The lowest BCUT2D eigenvalue weighted by atomic mass is 9.87. The maximum Gasteiger partial charge on any atom is 0.326 e. The maximum absolute atomic E-state index is 13.5. The second-order valence-corrected chi connectivity index (χ2v) is 6.79. The van der Waals surface area contributed by atoms with Gasteiger partial charge < -0.3 is 25.2 Å². The molecule has 3 N–H and O–H groups in total. The van der Waals surface area contributed by atoms with Crippen molar-refractivity contribution in [2.45, 2.75) is 32.4 Å². The fourth-order valence-electron chi connectivity index (χ4n) is 3.00. The smallest absolute Gasteiger partial charge is 0.326 e. The van der Waals surface area contributed by atoms with Crippen molar-refractivity contribution in [2.24, 2.45) is 11.8 Å². The molecule has 11 heteroatoms. The van der Waals surface area contributed by atoms with Crippen molar-refractivity contribution in [1.29, 1.82) is 0 Å². The number of methoxy groups -OCH3 is 2. The number of amides is 2. The Labute approximate surface area is 178 Å². The molecule has 0 radical (unpaired) electrons. The number of esters is 2. The first kappa shape index (κ1) is 25.5. The zero-order valence-corrected chi connectivity index (χ0v) is 17.5. The van der Waals surface area contributed by atoms with Gasteiger partial charge in [0.15, 0.2) is 5.92 Å². The van der Waals surface area contributed by atoms with E-state index in [1.165, 1.54) is 31.2 Å². The van der Waals surface area contributed by atoms with Crippen molar-refractivity contribution < 1.29 is 42.9 Å². The van der Waals surface area contributed by atoms with E-state index in [-0.39, 0.29) is 6.42 Å². The third-order valence-corrected chi connectivity index (χ3v) is 4.55. The highest BCUT2D eigenvalue weighted by Crippen LogP contribution is 2.20. The molecule has 0 fully saturated rings. The summed E-state index contributed by atoms with van der Waals surface area (Å²) in [7, 11) is 2.04. The first-order chi connectivity index (χ1) is 14.5. The number of halogens is 1. The Hall–Kier alpha value is -3.50. The number of carbonyl (C=O) groups excluding carboxylic acids is 4. The van der Waals surface area contributed by atoms with E-state index in [0.29, 0.717) is 5.56 Å². The van der Waals surface area contributed by atoms with Gasteiger partial charge in [0.25, 0.3) is 0 Å². The van der Waals surface area contributed by atoms with Crippen molar-refractivity contribution in [3.63, 3.8) is 0 Å². The molecule has 0 spiro atoms. The Kier molecular flexibility index (Phi) is 9.58. The topological polar surface area (TPSA) is 148 Å². The molecule has 31 heavy (non-hydrogen) atoms. The van der Waals surface area contributed by atoms with Gasteiger partial charge in [0, 0.05) is 19.3 Å². The lowest BCUT2D eigenvalue weighted by Crippen LogP contribution is -2.56. The SMILES string of the molecule is COC(=O)C(C(=O)OC)[C@H](C)[C@@H](NC(=O)[C@H](Cc1cccc(F)c1)NC(C)=O)C(=O)O. The molecular formula is C20H25FN2O8. The standard InChI is InChI=1S/C20H25FN2O8/c1-10(15(19(28)30-3)20(29)31-4)16(18(26)27)23-17(25)14(22-11(2)24)9-12-6-5-7-13(21)8-12/h5-8,10,14-16H,9H2,1-4H3,(H,22,24)(H,23,25)(H,26,27)/t10-,14-,16+/m0/s1. The fourth-order valence-corrected chi connectivity index (χ4v) is 3.00. The van der Waals surface area contributed by atoms with Crippen LogP contribution in [0.25, 0.3) is 0 Å². The Morgan fingerprint density at radius 2 is 1.65 bits per heavy atom. The monoisotopic (exact) mass is 440 g/mol. The quantitative estimate of drug-likeness (QED) is 0.341.